The van der Waals surface area contributed by atoms with Crippen LogP contribution < -0.4 is 23.8 Å². The fourth-order valence-electron chi connectivity index (χ4n) is 5.86. The number of carbonyl (C=O) groups excluding carboxylic acids is 1. The molecule has 0 spiro atoms. The fourth-order valence-corrected chi connectivity index (χ4v) is 9.23. The molecule has 0 aliphatic carbocycles. The van der Waals surface area contributed by atoms with Crippen LogP contribution in [0.15, 0.2) is 89.8 Å². The third-order valence-electron chi connectivity index (χ3n) is 8.62. The lowest BCUT2D eigenvalue weighted by atomic mass is 10.1. The molecule has 0 aliphatic rings. The summed E-state index contributed by atoms with van der Waals surface area (Å²) in [6.45, 7) is 6.30. The Kier molecular flexibility index (Phi) is 14.7. The van der Waals surface area contributed by atoms with Gasteiger partial charge in [0.25, 0.3) is 0 Å². The number of halogens is 1. The Labute approximate surface area is 354 Å². The third kappa shape index (κ3) is 11.2. The van der Waals surface area contributed by atoms with Gasteiger partial charge in [-0.15, -0.1) is 5.10 Å². The maximum atomic E-state index is 15.6. The van der Waals surface area contributed by atoms with E-state index < -0.39 is 45.6 Å². The maximum Gasteiger partial charge on any atom is 0.407 e. The highest BCUT2D eigenvalue weighted by Gasteiger charge is 2.36. The van der Waals surface area contributed by atoms with Gasteiger partial charge < -0.3 is 28.8 Å². The smallest absolute Gasteiger partial charge is 0.407 e. The summed E-state index contributed by atoms with van der Waals surface area (Å²) in [6, 6.07) is 24.1. The molecular formula is C39H45IN7O9S2-. The molecule has 0 aliphatic heterocycles. The molecule has 1 N–H and O–H groups in total. The van der Waals surface area contributed by atoms with E-state index in [0.717, 1.165) is 9.87 Å². The Morgan fingerprint density at radius 3 is 1.83 bits per heavy atom. The Hall–Kier alpha value is -4.83. The number of hydrogen-bond donors (Lipinski definition) is 1. The number of ether oxygens (including phenoxy) is 4. The summed E-state index contributed by atoms with van der Waals surface area (Å²) in [6.07, 6.45) is -1.79. The molecular weight excluding hydrogens is 902 g/mol. The first-order chi connectivity index (χ1) is 27.5. The van der Waals surface area contributed by atoms with Crippen molar-refractivity contribution in [2.24, 2.45) is 0 Å². The number of hydrogen-bond acceptors (Lipinski definition) is 12. The van der Waals surface area contributed by atoms with Crippen LogP contribution >= 0.6 is 22.6 Å². The van der Waals surface area contributed by atoms with Crippen molar-refractivity contribution >= 4 is 55.7 Å². The highest BCUT2D eigenvalue weighted by atomic mass is 127. The van der Waals surface area contributed by atoms with Gasteiger partial charge in [0.05, 0.1) is 45.7 Å². The first-order valence-corrected chi connectivity index (χ1v) is 21.4. The zero-order chi connectivity index (χ0) is 42.2. The molecule has 5 rings (SSSR count). The van der Waals surface area contributed by atoms with Crippen molar-refractivity contribution in [2.75, 3.05) is 32.2 Å². The zero-order valence-corrected chi connectivity index (χ0v) is 36.8. The molecule has 4 aromatic carbocycles. The average molecular weight is 947 g/mol. The molecule has 0 bridgehead atoms. The zero-order valence-electron chi connectivity index (χ0n) is 33.0. The Bertz CT molecular complexity index is 2250. The number of anilines is 1. The van der Waals surface area contributed by atoms with E-state index in [4.69, 9.17) is 18.9 Å². The topological polar surface area (TPSA) is 190 Å². The Morgan fingerprint density at radius 1 is 0.862 bits per heavy atom. The first-order valence-electron chi connectivity index (χ1n) is 17.9. The predicted octanol–water partition coefficient (Wildman–Crippen LogP) is 5.92. The number of nitrogens with zero attached hydrogens (tertiary/aromatic N) is 6. The summed E-state index contributed by atoms with van der Waals surface area (Å²) in [5.74, 6) is 1.88. The molecule has 58 heavy (non-hydrogen) atoms. The highest BCUT2D eigenvalue weighted by Crippen LogP contribution is 2.41. The Morgan fingerprint density at radius 2 is 1.36 bits per heavy atom. The van der Waals surface area contributed by atoms with Gasteiger partial charge in [-0.1, -0.05) is 36.4 Å². The highest BCUT2D eigenvalue weighted by molar-refractivity contribution is 14.1. The minimum absolute atomic E-state index is 0.0694. The van der Waals surface area contributed by atoms with E-state index in [2.05, 4.69) is 20.8 Å². The van der Waals surface area contributed by atoms with Crippen LogP contribution in [-0.4, -0.2) is 87.3 Å². The number of carbonyl (C=O) groups is 1. The molecule has 0 saturated heterocycles. The summed E-state index contributed by atoms with van der Waals surface area (Å²) >= 11 is -1.07. The van der Waals surface area contributed by atoms with Crippen molar-refractivity contribution in [3.63, 3.8) is 0 Å². The average Bonchev–Trinajstić information content (AvgIpc) is 3.64. The molecule has 1 amide bonds. The second-order valence-electron chi connectivity index (χ2n) is 14.1. The van der Waals surface area contributed by atoms with E-state index >= 15 is 8.42 Å². The van der Waals surface area contributed by atoms with E-state index in [1.165, 1.54) is 36.2 Å². The largest absolute Gasteiger partial charge is 0.755 e. The van der Waals surface area contributed by atoms with Gasteiger partial charge in [-0.05, 0) is 126 Å². The van der Waals surface area contributed by atoms with E-state index in [0.29, 0.717) is 31.9 Å². The molecule has 0 fully saturated rings. The summed E-state index contributed by atoms with van der Waals surface area (Å²) in [5, 5.41) is 15.1. The van der Waals surface area contributed by atoms with E-state index in [1.54, 1.807) is 94.6 Å². The van der Waals surface area contributed by atoms with Crippen molar-refractivity contribution in [1.29, 1.82) is 0 Å². The van der Waals surface area contributed by atoms with Gasteiger partial charge in [0, 0.05) is 33.5 Å². The number of alkyl carbamates (subject to hydrolysis) is 1. The molecule has 0 saturated carbocycles. The number of amides is 1. The minimum atomic E-state index is -4.69. The van der Waals surface area contributed by atoms with E-state index in [1.807, 2.05) is 34.7 Å². The summed E-state index contributed by atoms with van der Waals surface area (Å²) in [4.78, 5) is 12.3. The van der Waals surface area contributed by atoms with Crippen LogP contribution in [0.3, 0.4) is 0 Å². The van der Waals surface area contributed by atoms with Crippen molar-refractivity contribution in [3.8, 4) is 28.6 Å². The van der Waals surface area contributed by atoms with Gasteiger partial charge in [0.1, 0.15) is 28.2 Å². The summed E-state index contributed by atoms with van der Waals surface area (Å²) in [5.41, 5.74) is 1.29. The second-order valence-corrected chi connectivity index (χ2v) is 18.0. The number of benzene rings is 4. The normalized spacial score (nSPS) is 12.8. The summed E-state index contributed by atoms with van der Waals surface area (Å²) in [7, 11) is -0.0658. The predicted molar refractivity (Wildman–Crippen MR) is 226 cm³/mol. The fraction of sp³-hybridized carbons (Fsp3) is 0.333. The number of nitrogens with one attached hydrogen (secondary N) is 1. The first kappa shape index (κ1) is 44.3. The molecule has 5 aromatic rings. The number of rotatable bonds is 17. The molecule has 1 unspecified atom stereocenters. The lowest BCUT2D eigenvalue weighted by molar-refractivity contribution is 0.104. The van der Waals surface area contributed by atoms with Gasteiger partial charge in [-0.3, -0.25) is 8.51 Å². The van der Waals surface area contributed by atoms with Gasteiger partial charge in [-0.25, -0.2) is 17.9 Å². The second kappa shape index (κ2) is 19.3. The number of sulfonamides is 1. The van der Waals surface area contributed by atoms with Crippen molar-refractivity contribution < 1.29 is 40.9 Å². The van der Waals surface area contributed by atoms with E-state index in [9.17, 15) is 13.6 Å². The number of tetrazole rings is 1. The third-order valence-corrected chi connectivity index (χ3v) is 12.1. The molecule has 2 atom stereocenters. The molecule has 310 valence electrons. The minimum Gasteiger partial charge on any atom is -0.755 e. The van der Waals surface area contributed by atoms with E-state index in [-0.39, 0.29) is 41.6 Å². The monoisotopic (exact) mass is 946 g/mol. The van der Waals surface area contributed by atoms with Gasteiger partial charge in [-0.2, -0.15) is 4.31 Å². The lowest BCUT2D eigenvalue weighted by Crippen LogP contribution is -2.44. The van der Waals surface area contributed by atoms with Crippen molar-refractivity contribution in [2.45, 2.75) is 63.9 Å². The molecule has 1 heterocycles. The molecule has 19 heteroatoms. The van der Waals surface area contributed by atoms with Crippen LogP contribution in [0, 0.1) is 3.57 Å². The van der Waals surface area contributed by atoms with Crippen LogP contribution in [0.25, 0.3) is 11.4 Å². The van der Waals surface area contributed by atoms with Crippen LogP contribution in [-0.2, 0) is 45.7 Å². The maximum absolute atomic E-state index is 15.6. The van der Waals surface area contributed by atoms with Gasteiger partial charge >= 0.3 is 6.09 Å². The van der Waals surface area contributed by atoms with Crippen LogP contribution in [0.2, 0.25) is 0 Å². The van der Waals surface area contributed by atoms with Crippen molar-refractivity contribution in [3.05, 3.63) is 105 Å². The molecule has 0 radical (unpaired) electrons. The number of methoxy groups -OCH3 is 3. The summed E-state index contributed by atoms with van der Waals surface area (Å²) < 4.78 is 83.2. The van der Waals surface area contributed by atoms with Gasteiger partial charge in [0.15, 0.2) is 5.82 Å². The van der Waals surface area contributed by atoms with Gasteiger partial charge in [0.2, 0.25) is 10.0 Å². The molecule has 1 aromatic heterocycles. The standard InChI is InChI=1S/C39H46IN7O9S2/c1-26(56-38(48)41-39(2,3)4)22-47(57(49)50)34-21-20-33(40)35(37-42-43-44-46(37)25-29-12-18-32(55-7)19-13-29)36(34)58(51,52)45(23-27-8-14-30(53-5)15-9-27)24-28-10-16-31(54-6)17-11-28/h8-21,26H,22-25H2,1-7H3,(H,41,48)(H,49,50)/p-1/t26-/m0/s1. The SMILES string of the molecule is COc1ccc(CN(Cc2ccc(OC)cc2)S(=O)(=O)c2c(N(C[C@H](C)OC(=O)NC(C)(C)C)S(=O)[O-])ccc(I)c2-c2nnnn2Cc2ccc(OC)cc2)cc1. The molecule has 16 nitrogen and oxygen atoms in total. The number of aromatic nitrogens is 4. The van der Waals surface area contributed by atoms with Crippen molar-refractivity contribution in [1.82, 2.24) is 29.8 Å². The van der Waals surface area contributed by atoms with Crippen LogP contribution in [0.5, 0.6) is 17.2 Å². The van der Waals surface area contributed by atoms with Crippen LogP contribution in [0.4, 0.5) is 10.5 Å². The lowest BCUT2D eigenvalue weighted by Gasteiger charge is -2.33. The quantitative estimate of drug-likeness (QED) is 0.0857. The van der Waals surface area contributed by atoms with Crippen LogP contribution in [0.1, 0.15) is 44.4 Å². The Balaban J connectivity index is 1.71.